The molecule has 0 spiro atoms. The molecule has 2 rings (SSSR count). The topological polar surface area (TPSA) is 87.2 Å². The van der Waals surface area contributed by atoms with Gasteiger partial charge in [-0.25, -0.2) is 12.8 Å². The summed E-state index contributed by atoms with van der Waals surface area (Å²) in [4.78, 5) is -0.150. The minimum Gasteiger partial charge on any atom is -0.398 e. The molecule has 0 saturated heterocycles. The van der Waals surface area contributed by atoms with E-state index >= 15 is 0 Å². The van der Waals surface area contributed by atoms with Crippen LogP contribution in [-0.4, -0.2) is 25.3 Å². The van der Waals surface area contributed by atoms with Crippen molar-refractivity contribution < 1.29 is 12.8 Å². The zero-order valence-electron chi connectivity index (χ0n) is 11.1. The molecule has 0 unspecified atom stereocenters. The van der Waals surface area contributed by atoms with Crippen LogP contribution in [0.25, 0.3) is 0 Å². The van der Waals surface area contributed by atoms with Crippen LogP contribution in [-0.2, 0) is 10.0 Å². The predicted molar refractivity (Wildman–Crippen MR) is 72.7 cm³/mol. The molecule has 1 aliphatic carbocycles. The summed E-state index contributed by atoms with van der Waals surface area (Å²) < 4.78 is 40.0. The molecule has 1 aliphatic rings. The van der Waals surface area contributed by atoms with Crippen molar-refractivity contribution in [1.29, 1.82) is 5.26 Å². The molecule has 1 aromatic carbocycles. The van der Waals surface area contributed by atoms with Crippen LogP contribution in [0.1, 0.15) is 24.8 Å². The normalized spacial score (nSPS) is 15.3. The first-order valence-electron chi connectivity index (χ1n) is 6.32. The molecule has 1 aromatic rings. The molecule has 0 amide bonds. The second-order valence-corrected chi connectivity index (χ2v) is 6.76. The van der Waals surface area contributed by atoms with E-state index in [1.54, 1.807) is 0 Å². The summed E-state index contributed by atoms with van der Waals surface area (Å²) in [6.07, 6.45) is 1.66. The van der Waals surface area contributed by atoms with Crippen molar-refractivity contribution in [2.75, 3.05) is 12.3 Å². The standard InChI is InChI=1S/C13H16FN3O2S/c1-9-12(14)7-11(8-13(9)16)20(18,19)17(6-2-5-15)10-3-4-10/h7-8,10H,2-4,6,16H2,1H3. The van der Waals surface area contributed by atoms with Crippen LogP contribution in [0, 0.1) is 24.1 Å². The van der Waals surface area contributed by atoms with E-state index in [2.05, 4.69) is 0 Å². The predicted octanol–water partition coefficient (Wildman–Crippen LogP) is 1.78. The molecule has 0 heterocycles. The Kier molecular flexibility index (Phi) is 3.97. The highest BCUT2D eigenvalue weighted by molar-refractivity contribution is 7.89. The average molecular weight is 297 g/mol. The van der Waals surface area contributed by atoms with E-state index in [0.717, 1.165) is 18.9 Å². The second-order valence-electron chi connectivity index (χ2n) is 4.87. The van der Waals surface area contributed by atoms with E-state index in [-0.39, 0.29) is 35.2 Å². The highest BCUT2D eigenvalue weighted by Crippen LogP contribution is 2.33. The second kappa shape index (κ2) is 5.38. The third-order valence-electron chi connectivity index (χ3n) is 3.36. The molecule has 0 aliphatic heterocycles. The lowest BCUT2D eigenvalue weighted by Crippen LogP contribution is -2.34. The van der Waals surface area contributed by atoms with E-state index in [0.29, 0.717) is 0 Å². The maximum atomic E-state index is 13.7. The highest BCUT2D eigenvalue weighted by atomic mass is 32.2. The molecule has 7 heteroatoms. The van der Waals surface area contributed by atoms with Gasteiger partial charge >= 0.3 is 0 Å². The zero-order valence-corrected chi connectivity index (χ0v) is 12.0. The molecular formula is C13H16FN3O2S. The molecule has 0 aromatic heterocycles. The van der Waals surface area contributed by atoms with Gasteiger partial charge in [0.25, 0.3) is 0 Å². The van der Waals surface area contributed by atoms with Crippen LogP contribution in [0.2, 0.25) is 0 Å². The number of nitrogen functional groups attached to an aromatic ring is 1. The van der Waals surface area contributed by atoms with Crippen molar-refractivity contribution in [3.8, 4) is 6.07 Å². The Morgan fingerprint density at radius 2 is 2.15 bits per heavy atom. The van der Waals surface area contributed by atoms with Crippen LogP contribution >= 0.6 is 0 Å². The number of anilines is 1. The Hall–Kier alpha value is -1.65. The van der Waals surface area contributed by atoms with Crippen LogP contribution < -0.4 is 5.73 Å². The van der Waals surface area contributed by atoms with E-state index in [1.807, 2.05) is 6.07 Å². The smallest absolute Gasteiger partial charge is 0.243 e. The fourth-order valence-electron chi connectivity index (χ4n) is 1.98. The summed E-state index contributed by atoms with van der Waals surface area (Å²) in [6.45, 7) is 1.62. The lowest BCUT2D eigenvalue weighted by Gasteiger charge is -2.21. The van der Waals surface area contributed by atoms with Crippen molar-refractivity contribution in [2.45, 2.75) is 37.1 Å². The molecule has 1 saturated carbocycles. The van der Waals surface area contributed by atoms with Crippen molar-refractivity contribution in [1.82, 2.24) is 4.31 Å². The number of nitriles is 1. The highest BCUT2D eigenvalue weighted by Gasteiger charge is 2.38. The van der Waals surface area contributed by atoms with Gasteiger partial charge in [0.2, 0.25) is 10.0 Å². The van der Waals surface area contributed by atoms with Crippen LogP contribution in [0.15, 0.2) is 17.0 Å². The zero-order chi connectivity index (χ0) is 14.9. The van der Waals surface area contributed by atoms with Gasteiger partial charge in [-0.2, -0.15) is 9.57 Å². The van der Waals surface area contributed by atoms with Gasteiger partial charge in [-0.1, -0.05) is 0 Å². The number of hydrogen-bond acceptors (Lipinski definition) is 4. The molecule has 5 nitrogen and oxygen atoms in total. The summed E-state index contributed by atoms with van der Waals surface area (Å²) in [5.41, 5.74) is 5.98. The quantitative estimate of drug-likeness (QED) is 0.839. The van der Waals surface area contributed by atoms with Gasteiger partial charge in [0, 0.05) is 30.3 Å². The van der Waals surface area contributed by atoms with E-state index in [1.165, 1.54) is 17.3 Å². The van der Waals surface area contributed by atoms with Crippen molar-refractivity contribution in [3.05, 3.63) is 23.5 Å². The van der Waals surface area contributed by atoms with Gasteiger partial charge in [-0.3, -0.25) is 0 Å². The Bertz CT molecular complexity index is 640. The minimum atomic E-state index is -3.81. The number of hydrogen-bond donors (Lipinski definition) is 1. The summed E-state index contributed by atoms with van der Waals surface area (Å²) in [7, 11) is -3.81. The fraction of sp³-hybridized carbons (Fsp3) is 0.462. The largest absolute Gasteiger partial charge is 0.398 e. The number of benzene rings is 1. The summed E-state index contributed by atoms with van der Waals surface area (Å²) >= 11 is 0. The lowest BCUT2D eigenvalue weighted by molar-refractivity contribution is 0.410. The Morgan fingerprint density at radius 3 is 2.65 bits per heavy atom. The number of sulfonamides is 1. The number of rotatable bonds is 5. The van der Waals surface area contributed by atoms with Crippen molar-refractivity contribution in [2.24, 2.45) is 0 Å². The van der Waals surface area contributed by atoms with Gasteiger partial charge in [0.15, 0.2) is 0 Å². The van der Waals surface area contributed by atoms with Gasteiger partial charge in [0.1, 0.15) is 5.82 Å². The van der Waals surface area contributed by atoms with E-state index in [4.69, 9.17) is 11.0 Å². The maximum Gasteiger partial charge on any atom is 0.243 e. The molecule has 2 N–H and O–H groups in total. The number of halogens is 1. The van der Waals surface area contributed by atoms with Crippen LogP contribution in [0.3, 0.4) is 0 Å². The van der Waals surface area contributed by atoms with Gasteiger partial charge in [-0.15, -0.1) is 0 Å². The number of nitrogens with two attached hydrogens (primary N) is 1. The Morgan fingerprint density at radius 1 is 1.50 bits per heavy atom. The average Bonchev–Trinajstić information content (AvgIpc) is 3.20. The monoisotopic (exact) mass is 297 g/mol. The minimum absolute atomic E-state index is 0.0843. The van der Waals surface area contributed by atoms with Gasteiger partial charge in [-0.05, 0) is 31.9 Å². The summed E-state index contributed by atoms with van der Waals surface area (Å²) in [5.74, 6) is -0.639. The molecular weight excluding hydrogens is 281 g/mol. The van der Waals surface area contributed by atoms with E-state index < -0.39 is 15.8 Å². The van der Waals surface area contributed by atoms with Crippen LogP contribution in [0.4, 0.5) is 10.1 Å². The molecule has 0 bridgehead atoms. The van der Waals surface area contributed by atoms with Gasteiger partial charge < -0.3 is 5.73 Å². The van der Waals surface area contributed by atoms with E-state index in [9.17, 15) is 12.8 Å². The van der Waals surface area contributed by atoms with Crippen LogP contribution in [0.5, 0.6) is 0 Å². The molecule has 1 fully saturated rings. The van der Waals surface area contributed by atoms with Gasteiger partial charge in [0.05, 0.1) is 11.0 Å². The SMILES string of the molecule is Cc1c(N)cc(S(=O)(=O)N(CCC#N)C2CC2)cc1F. The molecule has 0 radical (unpaired) electrons. The molecule has 108 valence electrons. The fourth-order valence-corrected chi connectivity index (χ4v) is 3.71. The first-order chi connectivity index (χ1) is 9.37. The third-order valence-corrected chi connectivity index (χ3v) is 5.29. The Balaban J connectivity index is 2.40. The molecule has 20 heavy (non-hydrogen) atoms. The maximum absolute atomic E-state index is 13.7. The summed E-state index contributed by atoms with van der Waals surface area (Å²) in [6, 6.07) is 4.11. The summed E-state index contributed by atoms with van der Waals surface area (Å²) in [5, 5.41) is 8.63. The lowest BCUT2D eigenvalue weighted by atomic mass is 10.2. The third kappa shape index (κ3) is 2.76. The first-order valence-corrected chi connectivity index (χ1v) is 7.76. The number of nitrogens with zero attached hydrogens (tertiary/aromatic N) is 2. The van der Waals surface area contributed by atoms with Crippen molar-refractivity contribution in [3.63, 3.8) is 0 Å². The molecule has 0 atom stereocenters. The first kappa shape index (κ1) is 14.8. The Labute approximate surface area is 117 Å². The van der Waals surface area contributed by atoms with Crippen molar-refractivity contribution >= 4 is 15.7 Å².